The number of aryl methyl sites for hydroxylation is 2. The fraction of sp³-hybridized carbons (Fsp3) is 0.538. The molecule has 0 aliphatic carbocycles. The molecular weight excluding hydrogens is 204 g/mol. The van der Waals surface area contributed by atoms with Gasteiger partial charge in [-0.15, -0.1) is 0 Å². The van der Waals surface area contributed by atoms with E-state index in [1.54, 1.807) is 7.11 Å². The van der Waals surface area contributed by atoms with E-state index in [0.717, 1.165) is 22.4 Å². The Hall–Kier alpha value is -1.06. The molecule has 1 aromatic rings. The van der Waals surface area contributed by atoms with Gasteiger partial charge in [-0.2, -0.15) is 0 Å². The number of aliphatic hydroxyl groups excluding tert-OH is 1. The summed E-state index contributed by atoms with van der Waals surface area (Å²) in [6.45, 7) is 6.79. The summed E-state index contributed by atoms with van der Waals surface area (Å²) in [5.74, 6) is 0.727. The lowest BCUT2D eigenvalue weighted by atomic mass is 10.00. The fourth-order valence-corrected chi connectivity index (χ4v) is 1.85. The van der Waals surface area contributed by atoms with E-state index in [1.165, 1.54) is 0 Å². The summed E-state index contributed by atoms with van der Waals surface area (Å²) in [5.41, 5.74) is 2.98. The van der Waals surface area contributed by atoms with Gasteiger partial charge in [0.05, 0.1) is 13.7 Å². The van der Waals surface area contributed by atoms with Crippen molar-refractivity contribution in [1.82, 2.24) is 0 Å². The van der Waals surface area contributed by atoms with Crippen molar-refractivity contribution in [2.24, 2.45) is 0 Å². The molecule has 0 radical (unpaired) electrons. The Balaban J connectivity index is 3.01. The van der Waals surface area contributed by atoms with E-state index in [9.17, 15) is 5.11 Å². The summed E-state index contributed by atoms with van der Waals surface area (Å²) in [7, 11) is 1.62. The van der Waals surface area contributed by atoms with Crippen molar-refractivity contribution in [3.63, 3.8) is 0 Å². The zero-order chi connectivity index (χ0) is 12.1. The summed E-state index contributed by atoms with van der Waals surface area (Å²) < 4.78 is 10.5. The van der Waals surface area contributed by atoms with E-state index in [2.05, 4.69) is 0 Å². The lowest BCUT2D eigenvalue weighted by Gasteiger charge is -2.18. The van der Waals surface area contributed by atoms with E-state index in [0.29, 0.717) is 13.2 Å². The van der Waals surface area contributed by atoms with Gasteiger partial charge in [-0.3, -0.25) is 0 Å². The third kappa shape index (κ3) is 2.97. The number of aliphatic hydroxyl groups is 1. The second-order valence-electron chi connectivity index (χ2n) is 3.87. The minimum absolute atomic E-state index is 0.302. The molecule has 0 fully saturated rings. The summed E-state index contributed by atoms with van der Waals surface area (Å²) in [6.07, 6.45) is -0.629. The third-order valence-electron chi connectivity index (χ3n) is 2.53. The lowest BCUT2D eigenvalue weighted by Crippen LogP contribution is -2.10. The zero-order valence-corrected chi connectivity index (χ0v) is 10.4. The minimum Gasteiger partial charge on any atom is -0.496 e. The largest absolute Gasteiger partial charge is 0.496 e. The van der Waals surface area contributed by atoms with E-state index in [1.807, 2.05) is 32.9 Å². The van der Waals surface area contributed by atoms with E-state index >= 15 is 0 Å². The van der Waals surface area contributed by atoms with Crippen LogP contribution in [0.4, 0.5) is 0 Å². The van der Waals surface area contributed by atoms with Crippen LogP contribution in [0.2, 0.25) is 0 Å². The molecular formula is C13H20O3. The average Bonchev–Trinajstić information content (AvgIpc) is 2.24. The van der Waals surface area contributed by atoms with Crippen LogP contribution >= 0.6 is 0 Å². The molecule has 1 unspecified atom stereocenters. The summed E-state index contributed by atoms with van der Waals surface area (Å²) in [5, 5.41) is 10.0. The Kier molecular flexibility index (Phi) is 4.77. The monoisotopic (exact) mass is 224 g/mol. The first-order valence-electron chi connectivity index (χ1n) is 5.51. The Morgan fingerprint density at radius 1 is 1.31 bits per heavy atom. The van der Waals surface area contributed by atoms with Crippen LogP contribution in [-0.2, 0) is 4.74 Å². The summed E-state index contributed by atoms with van der Waals surface area (Å²) >= 11 is 0. The molecule has 0 aliphatic rings. The maximum atomic E-state index is 10.0. The smallest absolute Gasteiger partial charge is 0.125 e. The van der Waals surface area contributed by atoms with Crippen molar-refractivity contribution in [3.05, 3.63) is 28.8 Å². The van der Waals surface area contributed by atoms with Crippen molar-refractivity contribution in [2.75, 3.05) is 20.3 Å². The highest BCUT2D eigenvalue weighted by atomic mass is 16.5. The molecule has 3 heteroatoms. The fourth-order valence-electron chi connectivity index (χ4n) is 1.85. The highest BCUT2D eigenvalue weighted by Crippen LogP contribution is 2.30. The van der Waals surface area contributed by atoms with E-state index in [-0.39, 0.29) is 0 Å². The van der Waals surface area contributed by atoms with Gasteiger partial charge in [-0.05, 0) is 38.0 Å². The van der Waals surface area contributed by atoms with Gasteiger partial charge in [0, 0.05) is 12.2 Å². The molecule has 0 heterocycles. The van der Waals surface area contributed by atoms with Gasteiger partial charge in [-0.25, -0.2) is 0 Å². The van der Waals surface area contributed by atoms with Crippen molar-refractivity contribution in [1.29, 1.82) is 0 Å². The molecule has 0 saturated heterocycles. The van der Waals surface area contributed by atoms with Crippen LogP contribution in [0.25, 0.3) is 0 Å². The molecule has 1 N–H and O–H groups in total. The zero-order valence-electron chi connectivity index (χ0n) is 10.4. The van der Waals surface area contributed by atoms with Gasteiger partial charge in [0.15, 0.2) is 0 Å². The van der Waals surface area contributed by atoms with Gasteiger partial charge in [-0.1, -0.05) is 6.07 Å². The first-order valence-corrected chi connectivity index (χ1v) is 5.51. The molecule has 16 heavy (non-hydrogen) atoms. The number of ether oxygens (including phenoxy) is 2. The number of benzene rings is 1. The number of rotatable bonds is 5. The van der Waals surface area contributed by atoms with Crippen molar-refractivity contribution >= 4 is 0 Å². The minimum atomic E-state index is -0.629. The van der Waals surface area contributed by atoms with Gasteiger partial charge in [0.1, 0.15) is 11.9 Å². The molecule has 3 nitrogen and oxygen atoms in total. The molecule has 1 aromatic carbocycles. The van der Waals surface area contributed by atoms with Crippen LogP contribution in [-0.4, -0.2) is 25.4 Å². The summed E-state index contributed by atoms with van der Waals surface area (Å²) in [4.78, 5) is 0. The normalized spacial score (nSPS) is 12.6. The van der Waals surface area contributed by atoms with Gasteiger partial charge in [0.25, 0.3) is 0 Å². The van der Waals surface area contributed by atoms with Crippen LogP contribution in [0, 0.1) is 13.8 Å². The molecule has 0 saturated carbocycles. The van der Waals surface area contributed by atoms with Crippen molar-refractivity contribution in [2.45, 2.75) is 26.9 Å². The van der Waals surface area contributed by atoms with Gasteiger partial charge in [0.2, 0.25) is 0 Å². The Morgan fingerprint density at radius 2 is 2.00 bits per heavy atom. The highest BCUT2D eigenvalue weighted by molar-refractivity contribution is 5.44. The average molecular weight is 224 g/mol. The van der Waals surface area contributed by atoms with Crippen molar-refractivity contribution in [3.8, 4) is 5.75 Å². The van der Waals surface area contributed by atoms with Gasteiger partial charge >= 0.3 is 0 Å². The van der Waals surface area contributed by atoms with Gasteiger partial charge < -0.3 is 14.6 Å². The quantitative estimate of drug-likeness (QED) is 0.834. The predicted molar refractivity (Wildman–Crippen MR) is 63.9 cm³/mol. The molecule has 0 amide bonds. The number of methoxy groups -OCH3 is 1. The maximum Gasteiger partial charge on any atom is 0.125 e. The van der Waals surface area contributed by atoms with E-state index < -0.39 is 6.10 Å². The lowest BCUT2D eigenvalue weighted by molar-refractivity contribution is 0.0404. The second-order valence-corrected chi connectivity index (χ2v) is 3.87. The maximum absolute atomic E-state index is 10.0. The second kappa shape index (κ2) is 5.87. The molecule has 0 bridgehead atoms. The molecule has 0 aliphatic heterocycles. The first kappa shape index (κ1) is 13.0. The molecule has 1 atom stereocenters. The molecule has 90 valence electrons. The Bertz CT molecular complexity index is 347. The first-order chi connectivity index (χ1) is 7.60. The van der Waals surface area contributed by atoms with Crippen LogP contribution < -0.4 is 4.74 Å². The van der Waals surface area contributed by atoms with Crippen molar-refractivity contribution < 1.29 is 14.6 Å². The highest BCUT2D eigenvalue weighted by Gasteiger charge is 2.16. The topological polar surface area (TPSA) is 38.7 Å². The van der Waals surface area contributed by atoms with E-state index in [4.69, 9.17) is 9.47 Å². The third-order valence-corrected chi connectivity index (χ3v) is 2.53. The number of hydrogen-bond acceptors (Lipinski definition) is 3. The van der Waals surface area contributed by atoms with Crippen LogP contribution in [0.15, 0.2) is 12.1 Å². The van der Waals surface area contributed by atoms with Crippen LogP contribution in [0.5, 0.6) is 5.75 Å². The predicted octanol–water partition coefficient (Wildman–Crippen LogP) is 2.38. The number of hydrogen-bond donors (Lipinski definition) is 1. The molecule has 1 rings (SSSR count). The van der Waals surface area contributed by atoms with Crippen LogP contribution in [0.1, 0.15) is 29.7 Å². The SMILES string of the molecule is CCOCC(O)c1c(C)cc(C)cc1OC. The standard InChI is InChI=1S/C13H20O3/c1-5-16-8-11(14)13-10(3)6-9(2)7-12(13)15-4/h6-7,11,14H,5,8H2,1-4H3. The Labute approximate surface area is 97.0 Å². The van der Waals surface area contributed by atoms with Crippen LogP contribution in [0.3, 0.4) is 0 Å². The molecule has 0 aromatic heterocycles. The molecule has 0 spiro atoms. The summed E-state index contributed by atoms with van der Waals surface area (Å²) in [6, 6.07) is 3.96. The Morgan fingerprint density at radius 3 is 2.56 bits per heavy atom.